The maximum absolute atomic E-state index is 10.4. The Bertz CT molecular complexity index is 551. The van der Waals surface area contributed by atoms with E-state index >= 15 is 0 Å². The summed E-state index contributed by atoms with van der Waals surface area (Å²) in [7, 11) is 0. The molecular weight excluding hydrogens is 360 g/mol. The van der Waals surface area contributed by atoms with Crippen molar-refractivity contribution in [3.63, 3.8) is 0 Å². The molecule has 0 radical (unpaired) electrons. The van der Waals surface area contributed by atoms with Crippen LogP contribution in [0.1, 0.15) is 51.9 Å². The van der Waals surface area contributed by atoms with Gasteiger partial charge in [0.05, 0.1) is 30.5 Å². The van der Waals surface area contributed by atoms with Gasteiger partial charge in [-0.15, -0.1) is 0 Å². The normalized spacial score (nSPS) is 25.5. The lowest BCUT2D eigenvalue weighted by atomic mass is 10.0. The fraction of sp³-hybridized carbons (Fsp3) is 0.591. The third-order valence-electron chi connectivity index (χ3n) is 4.52. The highest BCUT2D eigenvalue weighted by atomic mass is 16.5. The van der Waals surface area contributed by atoms with Crippen molar-refractivity contribution in [2.75, 3.05) is 0 Å². The summed E-state index contributed by atoms with van der Waals surface area (Å²) in [5, 5.41) is 38.2. The Morgan fingerprint density at radius 3 is 2.36 bits per heavy atom. The van der Waals surface area contributed by atoms with Gasteiger partial charge in [0.2, 0.25) is 0 Å². The van der Waals surface area contributed by atoms with Gasteiger partial charge in [-0.1, -0.05) is 55.5 Å². The van der Waals surface area contributed by atoms with Crippen LogP contribution in [0.2, 0.25) is 0 Å². The summed E-state index contributed by atoms with van der Waals surface area (Å²) >= 11 is 0. The van der Waals surface area contributed by atoms with E-state index in [4.69, 9.17) is 9.84 Å². The van der Waals surface area contributed by atoms with Crippen molar-refractivity contribution in [2.24, 2.45) is 0 Å². The largest absolute Gasteiger partial charge is 0.481 e. The number of aliphatic hydroxyl groups excluding tert-OH is 3. The van der Waals surface area contributed by atoms with Crippen LogP contribution in [0.5, 0.6) is 0 Å². The number of aliphatic carboxylic acids is 1. The molecule has 6 nitrogen and oxygen atoms in total. The number of allylic oxidation sites excluding steroid dienone is 5. The topological polar surface area (TPSA) is 107 Å². The first-order valence-electron chi connectivity index (χ1n) is 9.98. The van der Waals surface area contributed by atoms with E-state index in [1.807, 2.05) is 43.4 Å². The van der Waals surface area contributed by atoms with Gasteiger partial charge < -0.3 is 25.2 Å². The maximum atomic E-state index is 10.4. The summed E-state index contributed by atoms with van der Waals surface area (Å²) in [4.78, 5) is 10.4. The molecule has 1 saturated heterocycles. The molecule has 1 aliphatic rings. The molecule has 6 heteroatoms. The molecule has 0 aromatic rings. The Morgan fingerprint density at radius 2 is 1.71 bits per heavy atom. The monoisotopic (exact) mass is 394 g/mol. The molecular formula is C22H34O6. The first kappa shape index (κ1) is 24.3. The number of hydrogen-bond acceptors (Lipinski definition) is 5. The summed E-state index contributed by atoms with van der Waals surface area (Å²) in [6, 6.07) is 0. The van der Waals surface area contributed by atoms with E-state index in [1.54, 1.807) is 6.08 Å². The predicted molar refractivity (Wildman–Crippen MR) is 109 cm³/mol. The van der Waals surface area contributed by atoms with Crippen LogP contribution in [-0.2, 0) is 9.53 Å². The lowest BCUT2D eigenvalue weighted by molar-refractivity contribution is -0.136. The lowest BCUT2D eigenvalue weighted by Gasteiger charge is -2.16. The average Bonchev–Trinajstić information content (AvgIpc) is 3.04. The molecule has 0 bridgehead atoms. The molecule has 1 fully saturated rings. The summed E-state index contributed by atoms with van der Waals surface area (Å²) < 4.78 is 5.75. The van der Waals surface area contributed by atoms with Gasteiger partial charge in [-0.25, -0.2) is 0 Å². The number of aliphatic hydroxyl groups is 3. The van der Waals surface area contributed by atoms with Crippen molar-refractivity contribution in [3.8, 4) is 0 Å². The number of ether oxygens (including phenoxy) is 1. The Morgan fingerprint density at radius 1 is 1.07 bits per heavy atom. The number of rotatable bonds is 13. The van der Waals surface area contributed by atoms with Crippen LogP contribution in [0.15, 0.2) is 48.6 Å². The van der Waals surface area contributed by atoms with Crippen molar-refractivity contribution in [3.05, 3.63) is 48.6 Å². The SMILES string of the molecule is CC[C@H](O)/C=C/[C@@H](O)[C@@H]1C[C@@H](O)[C@H](C/C=C\C/C=C\C/C=C\CCC(=O)O)O1. The molecule has 28 heavy (non-hydrogen) atoms. The molecule has 0 saturated carbocycles. The van der Waals surface area contributed by atoms with E-state index < -0.39 is 30.4 Å². The van der Waals surface area contributed by atoms with E-state index in [1.165, 1.54) is 6.08 Å². The van der Waals surface area contributed by atoms with Gasteiger partial charge in [-0.2, -0.15) is 0 Å². The molecule has 158 valence electrons. The van der Waals surface area contributed by atoms with Crippen molar-refractivity contribution >= 4 is 5.97 Å². The van der Waals surface area contributed by atoms with Gasteiger partial charge in [-0.3, -0.25) is 4.79 Å². The zero-order chi connectivity index (χ0) is 20.8. The number of carboxylic acid groups (broad SMARTS) is 1. The summed E-state index contributed by atoms with van der Waals surface area (Å²) in [6.45, 7) is 1.86. The zero-order valence-electron chi connectivity index (χ0n) is 16.6. The third-order valence-corrected chi connectivity index (χ3v) is 4.52. The minimum atomic E-state index is -0.837. The molecule has 0 aliphatic carbocycles. The molecule has 5 atom stereocenters. The number of carbonyl (C=O) groups is 1. The van der Waals surface area contributed by atoms with E-state index in [2.05, 4.69) is 0 Å². The van der Waals surface area contributed by atoms with E-state index in [9.17, 15) is 20.1 Å². The minimum Gasteiger partial charge on any atom is -0.481 e. The first-order chi connectivity index (χ1) is 13.4. The Labute approximate surface area is 167 Å². The highest BCUT2D eigenvalue weighted by molar-refractivity contribution is 5.66. The van der Waals surface area contributed by atoms with Crippen LogP contribution >= 0.6 is 0 Å². The molecule has 1 heterocycles. The fourth-order valence-electron chi connectivity index (χ4n) is 2.79. The van der Waals surface area contributed by atoms with Gasteiger partial charge in [-0.05, 0) is 32.1 Å². The van der Waals surface area contributed by atoms with Crippen LogP contribution in [0, 0.1) is 0 Å². The second kappa shape index (κ2) is 14.3. The van der Waals surface area contributed by atoms with Crippen molar-refractivity contribution in [1.82, 2.24) is 0 Å². The van der Waals surface area contributed by atoms with Gasteiger partial charge in [0.25, 0.3) is 0 Å². The van der Waals surface area contributed by atoms with Crippen LogP contribution < -0.4 is 0 Å². The van der Waals surface area contributed by atoms with Gasteiger partial charge >= 0.3 is 5.97 Å². The number of carboxylic acids is 1. The molecule has 1 aliphatic heterocycles. The predicted octanol–water partition coefficient (Wildman–Crippen LogP) is 2.90. The van der Waals surface area contributed by atoms with Crippen LogP contribution in [0.4, 0.5) is 0 Å². The maximum Gasteiger partial charge on any atom is 0.303 e. The van der Waals surface area contributed by atoms with E-state index in [0.29, 0.717) is 25.7 Å². The third kappa shape index (κ3) is 10.6. The van der Waals surface area contributed by atoms with E-state index in [0.717, 1.165) is 12.8 Å². The molecule has 0 amide bonds. The Hall–Kier alpha value is -1.73. The quantitative estimate of drug-likeness (QED) is 0.358. The van der Waals surface area contributed by atoms with E-state index in [-0.39, 0.29) is 12.5 Å². The standard InChI is InChI=1S/C22H34O6/c1-2-17(23)14-15-18(24)21-16-19(25)20(28-21)12-10-8-6-4-3-5-7-9-11-13-22(26)27/h3-4,7-10,14-15,17-21,23-25H,2,5-6,11-13,16H2,1H3,(H,26,27)/b4-3-,9-7-,10-8-,15-14+/t17-,18+,19+,20-,21-/m0/s1. The lowest BCUT2D eigenvalue weighted by Crippen LogP contribution is -2.24. The second-order valence-corrected chi connectivity index (χ2v) is 6.92. The molecule has 1 rings (SSSR count). The van der Waals surface area contributed by atoms with Gasteiger partial charge in [0.1, 0.15) is 0 Å². The first-order valence-corrected chi connectivity index (χ1v) is 9.98. The van der Waals surface area contributed by atoms with Gasteiger partial charge in [0.15, 0.2) is 0 Å². The molecule has 0 unspecified atom stereocenters. The van der Waals surface area contributed by atoms with Crippen LogP contribution in [-0.4, -0.2) is 56.9 Å². The summed E-state index contributed by atoms with van der Waals surface area (Å²) in [5.41, 5.74) is 0. The summed E-state index contributed by atoms with van der Waals surface area (Å²) in [5.74, 6) is -0.783. The van der Waals surface area contributed by atoms with Crippen molar-refractivity contribution in [1.29, 1.82) is 0 Å². The average molecular weight is 395 g/mol. The van der Waals surface area contributed by atoms with Gasteiger partial charge in [0, 0.05) is 12.8 Å². The fourth-order valence-corrected chi connectivity index (χ4v) is 2.79. The summed E-state index contributed by atoms with van der Waals surface area (Å²) in [6.07, 6.45) is 15.9. The molecule has 0 aromatic heterocycles. The number of hydrogen-bond donors (Lipinski definition) is 4. The van der Waals surface area contributed by atoms with Crippen LogP contribution in [0.3, 0.4) is 0 Å². The smallest absolute Gasteiger partial charge is 0.303 e. The minimum absolute atomic E-state index is 0.160. The Kier molecular flexibility index (Phi) is 12.4. The molecule has 0 spiro atoms. The zero-order valence-corrected chi connectivity index (χ0v) is 16.6. The van der Waals surface area contributed by atoms with Crippen molar-refractivity contribution in [2.45, 2.75) is 82.4 Å². The Balaban J connectivity index is 2.23. The van der Waals surface area contributed by atoms with Crippen LogP contribution in [0.25, 0.3) is 0 Å². The molecule has 4 N–H and O–H groups in total. The molecule has 0 aromatic carbocycles. The second-order valence-electron chi connectivity index (χ2n) is 6.92. The highest BCUT2D eigenvalue weighted by Crippen LogP contribution is 2.26. The highest BCUT2D eigenvalue weighted by Gasteiger charge is 2.36. The van der Waals surface area contributed by atoms with Crippen molar-refractivity contribution < 1.29 is 30.0 Å².